The van der Waals surface area contributed by atoms with Gasteiger partial charge in [-0.25, -0.2) is 0 Å². The smallest absolute Gasteiger partial charge is 0.121 e. The van der Waals surface area contributed by atoms with Crippen LogP contribution in [0.2, 0.25) is 0 Å². The summed E-state index contributed by atoms with van der Waals surface area (Å²) in [5.74, 6) is 1.47. The molecule has 0 spiro atoms. The highest BCUT2D eigenvalue weighted by Crippen LogP contribution is 2.19. The van der Waals surface area contributed by atoms with Crippen molar-refractivity contribution in [2.75, 3.05) is 38.7 Å². The van der Waals surface area contributed by atoms with E-state index in [0.717, 1.165) is 25.4 Å². The minimum Gasteiger partial charge on any atom is -0.493 e. The van der Waals surface area contributed by atoms with Gasteiger partial charge in [0.15, 0.2) is 0 Å². The summed E-state index contributed by atoms with van der Waals surface area (Å²) in [7, 11) is 4.07. The number of rotatable bonds is 7. The second-order valence-electron chi connectivity index (χ2n) is 4.62. The number of nitrogens with one attached hydrogen (secondary N) is 1. The average molecular weight is 236 g/mol. The highest BCUT2D eigenvalue weighted by atomic mass is 16.5. The molecule has 0 radical (unpaired) electrons. The Balaban J connectivity index is 2.43. The maximum atomic E-state index is 5.79. The Hall–Kier alpha value is -1.22. The third-order valence-electron chi connectivity index (χ3n) is 2.61. The zero-order valence-corrected chi connectivity index (χ0v) is 11.4. The molecule has 1 N–H and O–H groups in total. The van der Waals surface area contributed by atoms with Crippen LogP contribution in [-0.2, 0) is 0 Å². The Morgan fingerprint density at radius 2 is 2.12 bits per heavy atom. The predicted molar refractivity (Wildman–Crippen MR) is 74.0 cm³/mol. The maximum absolute atomic E-state index is 5.79. The van der Waals surface area contributed by atoms with E-state index in [-0.39, 0.29) is 0 Å². The van der Waals surface area contributed by atoms with E-state index >= 15 is 0 Å². The lowest BCUT2D eigenvalue weighted by Gasteiger charge is -2.16. The molecule has 1 aromatic carbocycles. The Labute approximate surface area is 105 Å². The molecule has 0 aliphatic heterocycles. The van der Waals surface area contributed by atoms with Crippen LogP contribution in [0.25, 0.3) is 0 Å². The number of benzene rings is 1. The van der Waals surface area contributed by atoms with E-state index in [9.17, 15) is 0 Å². The van der Waals surface area contributed by atoms with Gasteiger partial charge in [-0.3, -0.25) is 0 Å². The second kappa shape index (κ2) is 7.17. The Bertz CT molecular complexity index is 326. The first-order chi connectivity index (χ1) is 8.13. The van der Waals surface area contributed by atoms with Crippen molar-refractivity contribution in [1.29, 1.82) is 0 Å². The van der Waals surface area contributed by atoms with E-state index in [1.807, 2.05) is 26.2 Å². The topological polar surface area (TPSA) is 24.5 Å². The van der Waals surface area contributed by atoms with Crippen LogP contribution in [0.3, 0.4) is 0 Å². The standard InChI is InChI=1S/C14H24N2O/c1-5-15-10-12(2)11-17-14-8-6-7-13(9-14)16(3)4/h6-9,12,15H,5,10-11H2,1-4H3. The van der Waals surface area contributed by atoms with Gasteiger partial charge >= 0.3 is 0 Å². The molecule has 0 saturated carbocycles. The van der Waals surface area contributed by atoms with E-state index in [4.69, 9.17) is 4.74 Å². The van der Waals surface area contributed by atoms with Crippen molar-refractivity contribution in [1.82, 2.24) is 5.32 Å². The molecular formula is C14H24N2O. The Morgan fingerprint density at radius 3 is 2.76 bits per heavy atom. The van der Waals surface area contributed by atoms with Gasteiger partial charge in [0, 0.05) is 38.3 Å². The maximum Gasteiger partial charge on any atom is 0.121 e. The van der Waals surface area contributed by atoms with Crippen molar-refractivity contribution in [3.05, 3.63) is 24.3 Å². The van der Waals surface area contributed by atoms with Gasteiger partial charge in [0.1, 0.15) is 5.75 Å². The molecule has 1 atom stereocenters. The summed E-state index contributed by atoms with van der Waals surface area (Å²) in [5, 5.41) is 3.33. The van der Waals surface area contributed by atoms with Crippen LogP contribution in [0.5, 0.6) is 5.75 Å². The van der Waals surface area contributed by atoms with Crippen molar-refractivity contribution >= 4 is 5.69 Å². The summed E-state index contributed by atoms with van der Waals surface area (Å²) in [6, 6.07) is 8.18. The van der Waals surface area contributed by atoms with E-state index < -0.39 is 0 Å². The van der Waals surface area contributed by atoms with Crippen molar-refractivity contribution in [3.63, 3.8) is 0 Å². The number of hydrogen-bond donors (Lipinski definition) is 1. The highest BCUT2D eigenvalue weighted by Gasteiger charge is 2.03. The number of anilines is 1. The summed E-state index contributed by atoms with van der Waals surface area (Å²) < 4.78 is 5.79. The first kappa shape index (κ1) is 13.8. The quantitative estimate of drug-likeness (QED) is 0.786. The van der Waals surface area contributed by atoms with Crippen LogP contribution in [0.15, 0.2) is 24.3 Å². The lowest BCUT2D eigenvalue weighted by Crippen LogP contribution is -2.24. The Morgan fingerprint density at radius 1 is 1.35 bits per heavy atom. The monoisotopic (exact) mass is 236 g/mol. The summed E-state index contributed by atoms with van der Waals surface area (Å²) in [6.45, 7) is 7.08. The molecule has 0 amide bonds. The molecule has 0 saturated heterocycles. The molecule has 17 heavy (non-hydrogen) atoms. The van der Waals surface area contributed by atoms with Crippen LogP contribution in [0.1, 0.15) is 13.8 Å². The van der Waals surface area contributed by atoms with Gasteiger partial charge in [0.05, 0.1) is 6.61 Å². The van der Waals surface area contributed by atoms with Gasteiger partial charge in [-0.05, 0) is 18.7 Å². The minimum atomic E-state index is 0.526. The first-order valence-electron chi connectivity index (χ1n) is 6.24. The molecule has 1 aromatic rings. The zero-order chi connectivity index (χ0) is 12.7. The number of nitrogens with zero attached hydrogens (tertiary/aromatic N) is 1. The van der Waals surface area contributed by atoms with Crippen LogP contribution >= 0.6 is 0 Å². The van der Waals surface area contributed by atoms with Crippen LogP contribution in [-0.4, -0.2) is 33.8 Å². The van der Waals surface area contributed by atoms with E-state index in [1.54, 1.807) is 0 Å². The summed E-state index contributed by atoms with van der Waals surface area (Å²) in [6.07, 6.45) is 0. The van der Waals surface area contributed by atoms with Crippen molar-refractivity contribution in [3.8, 4) is 5.75 Å². The summed E-state index contributed by atoms with van der Waals surface area (Å²) in [5.41, 5.74) is 1.17. The van der Waals surface area contributed by atoms with Crippen LogP contribution in [0.4, 0.5) is 5.69 Å². The third kappa shape index (κ3) is 5.09. The lowest BCUT2D eigenvalue weighted by molar-refractivity contribution is 0.256. The average Bonchev–Trinajstić information content (AvgIpc) is 2.34. The molecule has 1 unspecified atom stereocenters. The molecule has 0 heterocycles. The van der Waals surface area contributed by atoms with E-state index in [0.29, 0.717) is 5.92 Å². The molecule has 0 aliphatic rings. The Kier molecular flexibility index (Phi) is 5.84. The molecule has 96 valence electrons. The van der Waals surface area contributed by atoms with Gasteiger partial charge in [0.25, 0.3) is 0 Å². The van der Waals surface area contributed by atoms with Gasteiger partial charge in [0.2, 0.25) is 0 Å². The minimum absolute atomic E-state index is 0.526. The molecule has 0 aromatic heterocycles. The van der Waals surface area contributed by atoms with Gasteiger partial charge in [-0.1, -0.05) is 19.9 Å². The molecular weight excluding hydrogens is 212 g/mol. The largest absolute Gasteiger partial charge is 0.493 e. The van der Waals surface area contributed by atoms with Gasteiger partial charge < -0.3 is 15.0 Å². The number of hydrogen-bond acceptors (Lipinski definition) is 3. The molecule has 0 bridgehead atoms. The second-order valence-corrected chi connectivity index (χ2v) is 4.62. The fourth-order valence-corrected chi connectivity index (χ4v) is 1.54. The van der Waals surface area contributed by atoms with Crippen LogP contribution < -0.4 is 15.0 Å². The van der Waals surface area contributed by atoms with Crippen molar-refractivity contribution in [2.24, 2.45) is 5.92 Å². The summed E-state index contributed by atoms with van der Waals surface area (Å²) >= 11 is 0. The fourth-order valence-electron chi connectivity index (χ4n) is 1.54. The molecule has 3 nitrogen and oxygen atoms in total. The van der Waals surface area contributed by atoms with E-state index in [2.05, 4.69) is 36.2 Å². The first-order valence-corrected chi connectivity index (χ1v) is 6.24. The van der Waals surface area contributed by atoms with Crippen molar-refractivity contribution < 1.29 is 4.74 Å². The molecule has 1 rings (SSSR count). The fraction of sp³-hybridized carbons (Fsp3) is 0.571. The molecule has 0 fully saturated rings. The zero-order valence-electron chi connectivity index (χ0n) is 11.4. The molecule has 0 aliphatic carbocycles. The van der Waals surface area contributed by atoms with E-state index in [1.165, 1.54) is 5.69 Å². The molecule has 3 heteroatoms. The van der Waals surface area contributed by atoms with Crippen molar-refractivity contribution in [2.45, 2.75) is 13.8 Å². The van der Waals surface area contributed by atoms with Gasteiger partial charge in [-0.15, -0.1) is 0 Å². The number of ether oxygens (including phenoxy) is 1. The summed E-state index contributed by atoms with van der Waals surface area (Å²) in [4.78, 5) is 2.08. The highest BCUT2D eigenvalue weighted by molar-refractivity contribution is 5.49. The van der Waals surface area contributed by atoms with Gasteiger partial charge in [-0.2, -0.15) is 0 Å². The third-order valence-corrected chi connectivity index (χ3v) is 2.61. The predicted octanol–water partition coefficient (Wildman–Crippen LogP) is 2.38. The van der Waals surface area contributed by atoms with Crippen LogP contribution in [0, 0.1) is 5.92 Å². The lowest BCUT2D eigenvalue weighted by atomic mass is 10.2. The normalized spacial score (nSPS) is 12.2. The SMILES string of the molecule is CCNCC(C)COc1cccc(N(C)C)c1.